The molecule has 0 saturated heterocycles. The van der Waals surface area contributed by atoms with Gasteiger partial charge >= 0.3 is 0 Å². The molecule has 0 unspecified atom stereocenters. The van der Waals surface area contributed by atoms with Crippen LogP contribution in [0, 0.1) is 6.57 Å². The lowest BCUT2D eigenvalue weighted by atomic mass is 10.1. The molecule has 1 aromatic carbocycles. The Labute approximate surface area is 82.4 Å². The van der Waals surface area contributed by atoms with Gasteiger partial charge < -0.3 is 5.73 Å². The molecule has 0 atom stereocenters. The van der Waals surface area contributed by atoms with E-state index in [0.717, 1.165) is 11.3 Å². The van der Waals surface area contributed by atoms with Gasteiger partial charge in [0.2, 0.25) is 5.70 Å². The van der Waals surface area contributed by atoms with Crippen molar-refractivity contribution in [1.82, 2.24) is 0 Å². The van der Waals surface area contributed by atoms with E-state index in [-0.39, 0.29) is 0 Å². The lowest BCUT2D eigenvalue weighted by molar-refractivity contribution is 1.14. The first-order valence-corrected chi connectivity index (χ1v) is 4.29. The molecule has 0 bridgehead atoms. The van der Waals surface area contributed by atoms with Gasteiger partial charge in [-0.25, -0.2) is 4.85 Å². The van der Waals surface area contributed by atoms with Gasteiger partial charge in [0.05, 0.1) is 18.8 Å². The topological polar surface area (TPSA) is 42.7 Å². The van der Waals surface area contributed by atoms with E-state index in [1.807, 2.05) is 30.3 Å². The standard InChI is InChI=1S/C11H9N3/c1-13-11-9(12)7-14-10(11)8-5-3-2-4-6-8/h2-6H,7,12H2. The molecule has 0 radical (unpaired) electrons. The molecule has 1 aliphatic heterocycles. The third kappa shape index (κ3) is 1.27. The molecular weight excluding hydrogens is 174 g/mol. The second-order valence-corrected chi connectivity index (χ2v) is 3.02. The second-order valence-electron chi connectivity index (χ2n) is 3.02. The van der Waals surface area contributed by atoms with Gasteiger partial charge in [-0.15, -0.1) is 0 Å². The maximum Gasteiger partial charge on any atom is 0.232 e. The van der Waals surface area contributed by atoms with E-state index in [0.29, 0.717) is 17.9 Å². The van der Waals surface area contributed by atoms with Crippen LogP contribution in [0.15, 0.2) is 46.7 Å². The Bertz CT molecular complexity index is 449. The van der Waals surface area contributed by atoms with E-state index in [9.17, 15) is 0 Å². The van der Waals surface area contributed by atoms with Gasteiger partial charge in [-0.3, -0.25) is 4.99 Å². The van der Waals surface area contributed by atoms with E-state index < -0.39 is 0 Å². The summed E-state index contributed by atoms with van der Waals surface area (Å²) in [6.07, 6.45) is 0. The van der Waals surface area contributed by atoms with E-state index in [1.54, 1.807) is 0 Å². The fraction of sp³-hybridized carbons (Fsp3) is 0.0909. The quantitative estimate of drug-likeness (QED) is 0.660. The number of aliphatic imine (C=N–C) groups is 1. The zero-order valence-electron chi connectivity index (χ0n) is 7.57. The fourth-order valence-electron chi connectivity index (χ4n) is 1.41. The number of benzene rings is 1. The van der Waals surface area contributed by atoms with Gasteiger partial charge in [-0.05, 0) is 5.56 Å². The van der Waals surface area contributed by atoms with Crippen molar-refractivity contribution in [3.63, 3.8) is 0 Å². The van der Waals surface area contributed by atoms with Crippen molar-refractivity contribution in [2.24, 2.45) is 10.7 Å². The van der Waals surface area contributed by atoms with Gasteiger partial charge in [-0.2, -0.15) is 0 Å². The molecule has 0 saturated carbocycles. The predicted octanol–water partition coefficient (Wildman–Crippen LogP) is 1.58. The average molecular weight is 183 g/mol. The molecule has 68 valence electrons. The molecule has 1 heterocycles. The molecule has 0 fully saturated rings. The Morgan fingerprint density at radius 2 is 2.00 bits per heavy atom. The van der Waals surface area contributed by atoms with Crippen LogP contribution in [0.3, 0.4) is 0 Å². The van der Waals surface area contributed by atoms with Crippen molar-refractivity contribution in [1.29, 1.82) is 0 Å². The minimum Gasteiger partial charge on any atom is -0.409 e. The second kappa shape index (κ2) is 3.35. The summed E-state index contributed by atoms with van der Waals surface area (Å²) in [7, 11) is 0. The molecule has 0 amide bonds. The van der Waals surface area contributed by atoms with Gasteiger partial charge in [-0.1, -0.05) is 30.3 Å². The Balaban J connectivity index is 2.45. The Morgan fingerprint density at radius 1 is 1.29 bits per heavy atom. The summed E-state index contributed by atoms with van der Waals surface area (Å²) in [5.74, 6) is 0. The Hall–Kier alpha value is -2.08. The van der Waals surface area contributed by atoms with Crippen molar-refractivity contribution in [2.45, 2.75) is 0 Å². The van der Waals surface area contributed by atoms with Crippen LogP contribution in [0.2, 0.25) is 0 Å². The largest absolute Gasteiger partial charge is 0.409 e. The molecule has 0 aliphatic carbocycles. The lowest BCUT2D eigenvalue weighted by Crippen LogP contribution is -2.03. The summed E-state index contributed by atoms with van der Waals surface area (Å²) in [6.45, 7) is 7.46. The Morgan fingerprint density at radius 3 is 2.64 bits per heavy atom. The summed E-state index contributed by atoms with van der Waals surface area (Å²) in [5.41, 5.74) is 8.41. The monoisotopic (exact) mass is 183 g/mol. The third-order valence-electron chi connectivity index (χ3n) is 2.10. The van der Waals surface area contributed by atoms with Crippen LogP contribution < -0.4 is 5.73 Å². The van der Waals surface area contributed by atoms with Crippen LogP contribution in [-0.4, -0.2) is 12.3 Å². The van der Waals surface area contributed by atoms with E-state index in [2.05, 4.69) is 9.84 Å². The third-order valence-corrected chi connectivity index (χ3v) is 2.10. The van der Waals surface area contributed by atoms with E-state index >= 15 is 0 Å². The molecule has 1 aromatic rings. The van der Waals surface area contributed by atoms with Gasteiger partial charge in [0, 0.05) is 5.70 Å². The first-order chi connectivity index (χ1) is 6.83. The van der Waals surface area contributed by atoms with Crippen molar-refractivity contribution in [2.75, 3.05) is 6.54 Å². The number of nitrogens with two attached hydrogens (primary N) is 1. The minimum absolute atomic E-state index is 0.446. The van der Waals surface area contributed by atoms with Crippen molar-refractivity contribution < 1.29 is 0 Å². The maximum absolute atomic E-state index is 7.02. The van der Waals surface area contributed by atoms with E-state index in [4.69, 9.17) is 12.3 Å². The summed E-state index contributed by atoms with van der Waals surface area (Å²) in [5, 5.41) is 0. The predicted molar refractivity (Wildman–Crippen MR) is 55.7 cm³/mol. The zero-order chi connectivity index (χ0) is 9.97. The smallest absolute Gasteiger partial charge is 0.232 e. The fourth-order valence-corrected chi connectivity index (χ4v) is 1.41. The summed E-state index contributed by atoms with van der Waals surface area (Å²) in [6, 6.07) is 9.65. The SMILES string of the molecule is [C-]#[N+]C1=C(N)CN=C1c1ccccc1. The molecule has 2 rings (SSSR count). The normalized spacial score (nSPS) is 15.2. The highest BCUT2D eigenvalue weighted by atomic mass is 14.9. The maximum atomic E-state index is 7.02. The highest BCUT2D eigenvalue weighted by Gasteiger charge is 2.18. The van der Waals surface area contributed by atoms with Crippen LogP contribution in [0.4, 0.5) is 0 Å². The number of hydrogen-bond donors (Lipinski definition) is 1. The van der Waals surface area contributed by atoms with Crippen LogP contribution >= 0.6 is 0 Å². The van der Waals surface area contributed by atoms with Crippen molar-refractivity contribution >= 4 is 5.71 Å². The summed E-state index contributed by atoms with van der Waals surface area (Å²) >= 11 is 0. The highest BCUT2D eigenvalue weighted by Crippen LogP contribution is 2.18. The molecule has 3 heteroatoms. The number of hydrogen-bond acceptors (Lipinski definition) is 2. The van der Waals surface area contributed by atoms with E-state index in [1.165, 1.54) is 0 Å². The average Bonchev–Trinajstić information content (AvgIpc) is 2.61. The molecule has 0 aromatic heterocycles. The lowest BCUT2D eigenvalue weighted by Gasteiger charge is -1.99. The van der Waals surface area contributed by atoms with Crippen LogP contribution in [-0.2, 0) is 0 Å². The minimum atomic E-state index is 0.446. The number of nitrogens with zero attached hydrogens (tertiary/aromatic N) is 2. The summed E-state index contributed by atoms with van der Waals surface area (Å²) < 4.78 is 0. The van der Waals surface area contributed by atoms with Crippen LogP contribution in [0.25, 0.3) is 4.85 Å². The van der Waals surface area contributed by atoms with Crippen molar-refractivity contribution in [3.8, 4) is 0 Å². The molecule has 1 aliphatic rings. The highest BCUT2D eigenvalue weighted by molar-refractivity contribution is 6.15. The number of allylic oxidation sites excluding steroid dienone is 1. The summed E-state index contributed by atoms with van der Waals surface area (Å²) in [4.78, 5) is 7.64. The van der Waals surface area contributed by atoms with Gasteiger partial charge in [0.25, 0.3) is 0 Å². The number of rotatable bonds is 1. The van der Waals surface area contributed by atoms with Crippen LogP contribution in [0.1, 0.15) is 5.56 Å². The van der Waals surface area contributed by atoms with Crippen LogP contribution in [0.5, 0.6) is 0 Å². The first-order valence-electron chi connectivity index (χ1n) is 4.29. The van der Waals surface area contributed by atoms with Crippen molar-refractivity contribution in [3.05, 3.63) is 58.7 Å². The first kappa shape index (κ1) is 8.52. The van der Waals surface area contributed by atoms with Gasteiger partial charge in [0.15, 0.2) is 0 Å². The zero-order valence-corrected chi connectivity index (χ0v) is 7.57. The molecule has 2 N–H and O–H groups in total. The molecule has 14 heavy (non-hydrogen) atoms. The van der Waals surface area contributed by atoms with Gasteiger partial charge in [0.1, 0.15) is 0 Å². The Kier molecular flexibility index (Phi) is 2.04. The molecule has 0 spiro atoms. The molecule has 3 nitrogen and oxygen atoms in total. The molecular formula is C11H9N3.